The third kappa shape index (κ3) is 3.21. The van der Waals surface area contributed by atoms with Crippen LogP contribution in [0.5, 0.6) is 5.75 Å². The number of pyridine rings is 1. The number of aryl methyl sites for hydroxylation is 1. The zero-order valence-corrected chi connectivity index (χ0v) is 15.3. The number of ether oxygens (including phenoxy) is 1. The third-order valence-corrected chi connectivity index (χ3v) is 4.15. The molecule has 4 N–H and O–H groups in total. The first-order valence-corrected chi connectivity index (χ1v) is 8.21. The summed E-state index contributed by atoms with van der Waals surface area (Å²) >= 11 is 6.32. The molecule has 26 heavy (non-hydrogen) atoms. The predicted octanol–water partition coefficient (Wildman–Crippen LogP) is 3.65. The number of carbonyl (C=O) groups excluding carboxylic acids is 1. The monoisotopic (exact) mass is 371 g/mol. The van der Waals surface area contributed by atoms with Crippen LogP contribution in [0.4, 0.5) is 11.4 Å². The zero-order chi connectivity index (χ0) is 18.8. The molecule has 1 aromatic carbocycles. The van der Waals surface area contributed by atoms with Crippen LogP contribution in [0, 0.1) is 6.92 Å². The summed E-state index contributed by atoms with van der Waals surface area (Å²) in [7, 11) is 1.50. The third-order valence-electron chi connectivity index (χ3n) is 3.85. The Morgan fingerprint density at radius 3 is 2.81 bits per heavy atom. The second-order valence-corrected chi connectivity index (χ2v) is 6.12. The van der Waals surface area contributed by atoms with Gasteiger partial charge in [-0.15, -0.1) is 0 Å². The summed E-state index contributed by atoms with van der Waals surface area (Å²) in [4.78, 5) is 23.4. The summed E-state index contributed by atoms with van der Waals surface area (Å²) in [6, 6.07) is 5.44. The summed E-state index contributed by atoms with van der Waals surface area (Å²) < 4.78 is 5.46. The van der Waals surface area contributed by atoms with Crippen molar-refractivity contribution < 1.29 is 9.53 Å². The van der Waals surface area contributed by atoms with Gasteiger partial charge >= 0.3 is 0 Å². The van der Waals surface area contributed by atoms with Crippen LogP contribution in [0.3, 0.4) is 0 Å². The molecular formula is C18H18ClN5O2. The standard InChI is InChI=1S/C18H18ClN5O2/c1-9-15(11-5-4-6-21-8-11)24-18(22-9)12-7-13(19)16(23-10(2)25)14(20)17(12)26-3/h4-8H,20H2,1-3H3,(H,22,24)(H,23,25). The summed E-state index contributed by atoms with van der Waals surface area (Å²) in [6.45, 7) is 3.30. The average Bonchev–Trinajstić information content (AvgIpc) is 3.00. The van der Waals surface area contributed by atoms with Crippen molar-refractivity contribution >= 4 is 28.9 Å². The minimum absolute atomic E-state index is 0.238. The van der Waals surface area contributed by atoms with E-state index in [4.69, 9.17) is 22.1 Å². The molecule has 0 saturated carbocycles. The van der Waals surface area contributed by atoms with Gasteiger partial charge in [0.1, 0.15) is 11.5 Å². The number of nitrogens with zero attached hydrogens (tertiary/aromatic N) is 2. The molecule has 3 aromatic rings. The fourth-order valence-corrected chi connectivity index (χ4v) is 2.98. The van der Waals surface area contributed by atoms with Crippen LogP contribution in [0.25, 0.3) is 22.6 Å². The van der Waals surface area contributed by atoms with Crippen LogP contribution in [0.15, 0.2) is 30.6 Å². The minimum atomic E-state index is -0.277. The topological polar surface area (TPSA) is 106 Å². The lowest BCUT2D eigenvalue weighted by Gasteiger charge is -2.15. The number of rotatable bonds is 4. The molecule has 8 heteroatoms. The van der Waals surface area contributed by atoms with Gasteiger partial charge in [0.25, 0.3) is 0 Å². The van der Waals surface area contributed by atoms with Crippen molar-refractivity contribution in [1.82, 2.24) is 15.0 Å². The fraction of sp³-hybridized carbons (Fsp3) is 0.167. The lowest BCUT2D eigenvalue weighted by Crippen LogP contribution is -2.10. The van der Waals surface area contributed by atoms with Crippen molar-refractivity contribution in [3.63, 3.8) is 0 Å². The van der Waals surface area contributed by atoms with Gasteiger partial charge in [-0.05, 0) is 25.1 Å². The van der Waals surface area contributed by atoms with Gasteiger partial charge < -0.3 is 20.8 Å². The number of halogens is 1. The van der Waals surface area contributed by atoms with Crippen LogP contribution in [0.2, 0.25) is 5.02 Å². The quantitative estimate of drug-likeness (QED) is 0.607. The largest absolute Gasteiger partial charge is 0.494 e. The Labute approximate surface area is 155 Å². The highest BCUT2D eigenvalue weighted by Gasteiger charge is 2.21. The fourth-order valence-electron chi connectivity index (χ4n) is 2.72. The van der Waals surface area contributed by atoms with Crippen LogP contribution < -0.4 is 15.8 Å². The van der Waals surface area contributed by atoms with E-state index in [1.54, 1.807) is 18.5 Å². The number of anilines is 2. The molecule has 7 nitrogen and oxygen atoms in total. The first-order chi connectivity index (χ1) is 12.4. The number of H-pyrrole nitrogens is 1. The minimum Gasteiger partial charge on any atom is -0.494 e. The number of hydrogen-bond acceptors (Lipinski definition) is 5. The smallest absolute Gasteiger partial charge is 0.221 e. The Morgan fingerprint density at radius 1 is 1.42 bits per heavy atom. The predicted molar refractivity (Wildman–Crippen MR) is 102 cm³/mol. The van der Waals surface area contributed by atoms with E-state index >= 15 is 0 Å². The molecule has 0 radical (unpaired) electrons. The molecule has 2 aromatic heterocycles. The molecule has 134 valence electrons. The highest BCUT2D eigenvalue weighted by Crippen LogP contribution is 2.43. The molecule has 0 fully saturated rings. The number of nitrogens with two attached hydrogens (primary N) is 1. The van der Waals surface area contributed by atoms with Gasteiger partial charge in [-0.25, -0.2) is 4.98 Å². The molecule has 0 bridgehead atoms. The number of benzene rings is 1. The van der Waals surface area contributed by atoms with Crippen molar-refractivity contribution in [2.75, 3.05) is 18.2 Å². The van der Waals surface area contributed by atoms with Gasteiger partial charge in [0, 0.05) is 30.6 Å². The van der Waals surface area contributed by atoms with Crippen molar-refractivity contribution in [1.29, 1.82) is 0 Å². The molecule has 1 amide bonds. The van der Waals surface area contributed by atoms with Crippen LogP contribution in [0.1, 0.15) is 12.6 Å². The highest BCUT2D eigenvalue weighted by atomic mass is 35.5. The number of nitrogens with one attached hydrogen (secondary N) is 2. The molecule has 0 aliphatic heterocycles. The molecule has 0 atom stereocenters. The first-order valence-electron chi connectivity index (χ1n) is 7.83. The maximum absolute atomic E-state index is 11.4. The van der Waals surface area contributed by atoms with E-state index in [1.165, 1.54) is 14.0 Å². The number of carbonyl (C=O) groups is 1. The maximum atomic E-state index is 11.4. The molecule has 0 aliphatic carbocycles. The van der Waals surface area contributed by atoms with Crippen LogP contribution in [-0.4, -0.2) is 28.0 Å². The van der Waals surface area contributed by atoms with E-state index in [0.717, 1.165) is 17.0 Å². The van der Waals surface area contributed by atoms with Gasteiger partial charge in [-0.2, -0.15) is 0 Å². The Morgan fingerprint density at radius 2 is 2.19 bits per heavy atom. The number of amides is 1. The lowest BCUT2D eigenvalue weighted by molar-refractivity contribution is -0.114. The van der Waals surface area contributed by atoms with Gasteiger partial charge in [-0.1, -0.05) is 11.6 Å². The van der Waals surface area contributed by atoms with E-state index < -0.39 is 0 Å². The first kappa shape index (κ1) is 17.8. The normalized spacial score (nSPS) is 10.6. The molecular weight excluding hydrogens is 354 g/mol. The van der Waals surface area contributed by atoms with Crippen molar-refractivity contribution in [2.45, 2.75) is 13.8 Å². The van der Waals surface area contributed by atoms with E-state index in [1.807, 2.05) is 19.1 Å². The van der Waals surface area contributed by atoms with E-state index in [9.17, 15) is 4.79 Å². The highest BCUT2D eigenvalue weighted by molar-refractivity contribution is 6.35. The molecule has 3 rings (SSSR count). The maximum Gasteiger partial charge on any atom is 0.221 e. The van der Waals surface area contributed by atoms with Crippen LogP contribution >= 0.6 is 11.6 Å². The summed E-state index contributed by atoms with van der Waals surface area (Å²) in [5.41, 5.74) is 9.85. The SMILES string of the molecule is COc1c(-c2nc(-c3cccnc3)c(C)[nH]2)cc(Cl)c(NC(C)=O)c1N. The number of methoxy groups -OCH3 is 1. The van der Waals surface area contributed by atoms with Crippen molar-refractivity contribution in [3.8, 4) is 28.4 Å². The number of aromatic amines is 1. The Balaban J connectivity index is 2.14. The second-order valence-electron chi connectivity index (χ2n) is 5.71. The van der Waals surface area contributed by atoms with Gasteiger partial charge in [0.2, 0.25) is 5.91 Å². The Bertz CT molecular complexity index is 969. The van der Waals surface area contributed by atoms with E-state index in [-0.39, 0.29) is 11.6 Å². The van der Waals surface area contributed by atoms with Gasteiger partial charge in [0.15, 0.2) is 5.75 Å². The molecule has 2 heterocycles. The number of imidazole rings is 1. The molecule has 0 unspecified atom stereocenters. The summed E-state index contributed by atoms with van der Waals surface area (Å²) in [5, 5.41) is 2.92. The van der Waals surface area contributed by atoms with Gasteiger partial charge in [0.05, 0.1) is 29.1 Å². The van der Waals surface area contributed by atoms with E-state index in [2.05, 4.69) is 20.3 Å². The van der Waals surface area contributed by atoms with Crippen molar-refractivity contribution in [2.24, 2.45) is 0 Å². The molecule has 0 saturated heterocycles. The molecule has 0 spiro atoms. The lowest BCUT2D eigenvalue weighted by atomic mass is 10.1. The number of hydrogen-bond donors (Lipinski definition) is 3. The number of aromatic nitrogens is 3. The Kier molecular flexibility index (Phi) is 4.81. The summed E-state index contributed by atoms with van der Waals surface area (Å²) in [5.74, 6) is 0.659. The van der Waals surface area contributed by atoms with Crippen molar-refractivity contribution in [3.05, 3.63) is 41.3 Å². The van der Waals surface area contributed by atoms with E-state index in [0.29, 0.717) is 27.8 Å². The number of nitrogen functional groups attached to an aromatic ring is 1. The Hall–Kier alpha value is -3.06. The second kappa shape index (κ2) is 7.05. The van der Waals surface area contributed by atoms with Gasteiger partial charge in [-0.3, -0.25) is 9.78 Å². The van der Waals surface area contributed by atoms with Crippen LogP contribution in [-0.2, 0) is 4.79 Å². The zero-order valence-electron chi connectivity index (χ0n) is 14.6. The average molecular weight is 372 g/mol. The molecule has 0 aliphatic rings. The summed E-state index contributed by atoms with van der Waals surface area (Å²) in [6.07, 6.45) is 3.45.